The number of carbonyl (C=O) groups excluding carboxylic acids is 2. The van der Waals surface area contributed by atoms with Crippen LogP contribution in [0.25, 0.3) is 5.76 Å². The molecule has 1 aromatic carbocycles. The predicted molar refractivity (Wildman–Crippen MR) is 122 cm³/mol. The van der Waals surface area contributed by atoms with Crippen molar-refractivity contribution >= 4 is 17.4 Å². The molecule has 1 atom stereocenters. The van der Waals surface area contributed by atoms with Crippen molar-refractivity contribution in [2.24, 2.45) is 0 Å². The Morgan fingerprint density at radius 3 is 2.48 bits per heavy atom. The summed E-state index contributed by atoms with van der Waals surface area (Å²) in [4.78, 5) is 29.9. The number of benzene rings is 1. The minimum atomic E-state index is -0.788. The van der Waals surface area contributed by atoms with E-state index < -0.39 is 17.7 Å². The van der Waals surface area contributed by atoms with Crippen molar-refractivity contribution in [2.45, 2.75) is 33.2 Å². The number of rotatable bonds is 8. The number of aryl methyl sites for hydroxylation is 1. The standard InChI is InChI=1S/C25H30N2O6/c1-4-26(5-2)11-6-12-27-22(19-9-7-16(3)33-19)21(24(29)25(27)30)23(28)17-8-10-18-20(15-17)32-14-13-31-18/h7-10,15,22,28H,4-6,11-14H2,1-3H3/t22-/m0/s1. The molecule has 0 bridgehead atoms. The number of amides is 1. The van der Waals surface area contributed by atoms with Gasteiger partial charge in [0.25, 0.3) is 11.7 Å². The van der Waals surface area contributed by atoms with Gasteiger partial charge < -0.3 is 28.8 Å². The van der Waals surface area contributed by atoms with E-state index in [2.05, 4.69) is 18.7 Å². The summed E-state index contributed by atoms with van der Waals surface area (Å²) in [6.07, 6.45) is 0.703. The molecule has 8 nitrogen and oxygen atoms in total. The first-order valence-electron chi connectivity index (χ1n) is 11.4. The van der Waals surface area contributed by atoms with Crippen LogP contribution in [0.2, 0.25) is 0 Å². The lowest BCUT2D eigenvalue weighted by Crippen LogP contribution is -2.33. The molecular weight excluding hydrogens is 424 g/mol. The van der Waals surface area contributed by atoms with Gasteiger partial charge in [-0.05, 0) is 63.3 Å². The van der Waals surface area contributed by atoms with Crippen LogP contribution >= 0.6 is 0 Å². The fourth-order valence-corrected chi connectivity index (χ4v) is 4.36. The normalized spacial score (nSPS) is 19.5. The first kappa shape index (κ1) is 22.9. The average Bonchev–Trinajstić information content (AvgIpc) is 3.37. The molecule has 0 radical (unpaired) electrons. The highest BCUT2D eigenvalue weighted by molar-refractivity contribution is 6.46. The van der Waals surface area contributed by atoms with Gasteiger partial charge in [-0.3, -0.25) is 9.59 Å². The van der Waals surface area contributed by atoms with Gasteiger partial charge in [0, 0.05) is 12.1 Å². The van der Waals surface area contributed by atoms with Crippen LogP contribution < -0.4 is 9.47 Å². The summed E-state index contributed by atoms with van der Waals surface area (Å²) in [5, 5.41) is 11.2. The summed E-state index contributed by atoms with van der Waals surface area (Å²) in [5.41, 5.74) is 0.405. The van der Waals surface area contributed by atoms with Crippen molar-refractivity contribution in [3.63, 3.8) is 0 Å². The number of aliphatic hydroxyl groups is 1. The molecule has 0 aliphatic carbocycles. The highest BCUT2D eigenvalue weighted by Gasteiger charge is 2.47. The lowest BCUT2D eigenvalue weighted by Gasteiger charge is -2.25. The Hall–Kier alpha value is -3.26. The molecule has 176 valence electrons. The molecule has 2 aliphatic heterocycles. The first-order valence-corrected chi connectivity index (χ1v) is 11.4. The molecule has 1 amide bonds. The van der Waals surface area contributed by atoms with Gasteiger partial charge in [0.2, 0.25) is 0 Å². The topological polar surface area (TPSA) is 92.5 Å². The van der Waals surface area contributed by atoms with Crippen LogP contribution in [0, 0.1) is 6.92 Å². The summed E-state index contributed by atoms with van der Waals surface area (Å²) in [7, 11) is 0. The maximum absolute atomic E-state index is 13.1. The number of hydrogen-bond acceptors (Lipinski definition) is 7. The SMILES string of the molecule is CCN(CC)CCCN1C(=O)C(=O)C(=C(O)c2ccc3c(c2)OCCO3)[C@@H]1c1ccc(C)o1. The summed E-state index contributed by atoms with van der Waals surface area (Å²) in [6, 6.07) is 7.72. The zero-order valence-electron chi connectivity index (χ0n) is 19.3. The van der Waals surface area contributed by atoms with E-state index in [9.17, 15) is 14.7 Å². The van der Waals surface area contributed by atoms with Crippen LogP contribution in [-0.2, 0) is 9.59 Å². The number of fused-ring (bicyclic) bond motifs is 1. The Bertz CT molecular complexity index is 1070. The molecule has 2 aliphatic rings. The fourth-order valence-electron chi connectivity index (χ4n) is 4.36. The first-order chi connectivity index (χ1) is 15.9. The molecule has 2 aromatic rings. The van der Waals surface area contributed by atoms with Gasteiger partial charge in [0.1, 0.15) is 36.5 Å². The minimum Gasteiger partial charge on any atom is -0.507 e. The van der Waals surface area contributed by atoms with E-state index in [1.54, 1.807) is 37.3 Å². The summed E-state index contributed by atoms with van der Waals surface area (Å²) in [6.45, 7) is 9.86. The zero-order chi connectivity index (χ0) is 23.5. The third kappa shape index (κ3) is 4.48. The monoisotopic (exact) mass is 454 g/mol. The second-order valence-electron chi connectivity index (χ2n) is 8.18. The van der Waals surface area contributed by atoms with Crippen molar-refractivity contribution in [1.82, 2.24) is 9.80 Å². The maximum Gasteiger partial charge on any atom is 0.295 e. The molecule has 0 unspecified atom stereocenters. The molecule has 8 heteroatoms. The summed E-state index contributed by atoms with van der Waals surface area (Å²) < 4.78 is 17.0. The summed E-state index contributed by atoms with van der Waals surface area (Å²) >= 11 is 0. The third-order valence-electron chi connectivity index (χ3n) is 6.15. The van der Waals surface area contributed by atoms with E-state index in [0.29, 0.717) is 54.8 Å². The number of aliphatic hydroxyl groups excluding tert-OH is 1. The van der Waals surface area contributed by atoms with E-state index in [1.807, 2.05) is 0 Å². The van der Waals surface area contributed by atoms with Crippen molar-refractivity contribution < 1.29 is 28.6 Å². The molecule has 3 heterocycles. The fraction of sp³-hybridized carbons (Fsp3) is 0.440. The van der Waals surface area contributed by atoms with Crippen LogP contribution in [0.3, 0.4) is 0 Å². The molecule has 1 fully saturated rings. The van der Waals surface area contributed by atoms with Crippen molar-refractivity contribution in [3.8, 4) is 11.5 Å². The molecule has 0 saturated carbocycles. The highest BCUT2D eigenvalue weighted by Crippen LogP contribution is 2.41. The number of hydrogen-bond donors (Lipinski definition) is 1. The molecular formula is C25H30N2O6. The molecule has 1 N–H and O–H groups in total. The number of furan rings is 1. The van der Waals surface area contributed by atoms with Crippen LogP contribution in [0.15, 0.2) is 40.3 Å². The lowest BCUT2D eigenvalue weighted by molar-refractivity contribution is -0.140. The van der Waals surface area contributed by atoms with Crippen LogP contribution in [-0.4, -0.2) is 66.0 Å². The van der Waals surface area contributed by atoms with Crippen molar-refractivity contribution in [3.05, 3.63) is 53.0 Å². The molecule has 0 spiro atoms. The number of nitrogens with zero attached hydrogens (tertiary/aromatic N) is 2. The Labute approximate surface area is 193 Å². The predicted octanol–water partition coefficient (Wildman–Crippen LogP) is 3.51. The highest BCUT2D eigenvalue weighted by atomic mass is 16.6. The van der Waals surface area contributed by atoms with Gasteiger partial charge >= 0.3 is 0 Å². The number of likely N-dealkylation sites (tertiary alicyclic amines) is 1. The Morgan fingerprint density at radius 2 is 1.82 bits per heavy atom. The smallest absolute Gasteiger partial charge is 0.295 e. The van der Waals surface area contributed by atoms with E-state index in [-0.39, 0.29) is 11.3 Å². The van der Waals surface area contributed by atoms with Gasteiger partial charge in [-0.25, -0.2) is 0 Å². The molecule has 1 saturated heterocycles. The second-order valence-corrected chi connectivity index (χ2v) is 8.18. The summed E-state index contributed by atoms with van der Waals surface area (Å²) in [5.74, 6) is 0.580. The maximum atomic E-state index is 13.1. The van der Waals surface area contributed by atoms with Crippen LogP contribution in [0.5, 0.6) is 11.5 Å². The van der Waals surface area contributed by atoms with Crippen LogP contribution in [0.1, 0.15) is 43.4 Å². The third-order valence-corrected chi connectivity index (χ3v) is 6.15. The van der Waals surface area contributed by atoms with Crippen molar-refractivity contribution in [2.75, 3.05) is 39.4 Å². The number of ether oxygens (including phenoxy) is 2. The Balaban J connectivity index is 1.71. The van der Waals surface area contributed by atoms with E-state index >= 15 is 0 Å². The second kappa shape index (κ2) is 9.70. The van der Waals surface area contributed by atoms with E-state index in [1.165, 1.54) is 4.90 Å². The van der Waals surface area contributed by atoms with Crippen LogP contribution in [0.4, 0.5) is 0 Å². The zero-order valence-corrected chi connectivity index (χ0v) is 19.3. The minimum absolute atomic E-state index is 0.0221. The number of carbonyl (C=O) groups is 2. The molecule has 1 aromatic heterocycles. The quantitative estimate of drug-likeness (QED) is 0.371. The average molecular weight is 455 g/mol. The van der Waals surface area contributed by atoms with Gasteiger partial charge in [0.05, 0.1) is 5.57 Å². The molecule has 33 heavy (non-hydrogen) atoms. The van der Waals surface area contributed by atoms with Gasteiger partial charge in [0.15, 0.2) is 11.5 Å². The van der Waals surface area contributed by atoms with Gasteiger partial charge in [-0.1, -0.05) is 13.8 Å². The number of Topliss-reactive ketones (excluding diaryl/α,β-unsaturated/α-hetero) is 1. The van der Waals surface area contributed by atoms with Gasteiger partial charge in [-0.15, -0.1) is 0 Å². The Morgan fingerprint density at radius 1 is 1.09 bits per heavy atom. The molecule has 4 rings (SSSR count). The van der Waals surface area contributed by atoms with E-state index in [0.717, 1.165) is 19.6 Å². The lowest BCUT2D eigenvalue weighted by atomic mass is 9.99. The Kier molecular flexibility index (Phi) is 6.74. The van der Waals surface area contributed by atoms with Crippen molar-refractivity contribution in [1.29, 1.82) is 0 Å². The largest absolute Gasteiger partial charge is 0.507 e. The van der Waals surface area contributed by atoms with E-state index in [4.69, 9.17) is 13.9 Å². The number of ketones is 1. The van der Waals surface area contributed by atoms with Gasteiger partial charge in [-0.2, -0.15) is 0 Å².